The molecule has 1 aromatic rings. The summed E-state index contributed by atoms with van der Waals surface area (Å²) in [5, 5.41) is 0. The highest BCUT2D eigenvalue weighted by molar-refractivity contribution is 5.85. The number of nitrogens with two attached hydrogens (primary N) is 1. The van der Waals surface area contributed by atoms with Crippen molar-refractivity contribution in [2.24, 2.45) is 11.7 Å². The van der Waals surface area contributed by atoms with Gasteiger partial charge in [0.15, 0.2) is 11.6 Å². The lowest BCUT2D eigenvalue weighted by atomic mass is 10.0. The van der Waals surface area contributed by atoms with Crippen LogP contribution in [0.4, 0.5) is 13.2 Å². The second kappa shape index (κ2) is 4.41. The van der Waals surface area contributed by atoms with Crippen molar-refractivity contribution in [1.29, 1.82) is 0 Å². The van der Waals surface area contributed by atoms with Gasteiger partial charge in [0.05, 0.1) is 0 Å². The summed E-state index contributed by atoms with van der Waals surface area (Å²) in [5.74, 6) is -2.76. The first-order valence-corrected chi connectivity index (χ1v) is 4.49. The van der Waals surface area contributed by atoms with Crippen LogP contribution in [0.3, 0.4) is 0 Å². The molecule has 0 saturated heterocycles. The molecular weight excluding hydrogens is 227 g/mol. The second-order valence-electron chi connectivity index (χ2n) is 3.65. The summed E-state index contributed by atoms with van der Waals surface area (Å²) in [6.07, 6.45) is 1.86. The first kappa shape index (κ1) is 12.3. The summed E-state index contributed by atoms with van der Waals surface area (Å²) in [4.78, 5) is 0. The zero-order valence-electron chi connectivity index (χ0n) is 7.84. The van der Waals surface area contributed by atoms with E-state index in [-0.39, 0.29) is 23.9 Å². The fraction of sp³-hybridized carbons (Fsp3) is 0.400. The van der Waals surface area contributed by atoms with Crippen LogP contribution < -0.4 is 5.73 Å². The van der Waals surface area contributed by atoms with Crippen LogP contribution in [0.5, 0.6) is 0 Å². The van der Waals surface area contributed by atoms with Gasteiger partial charge in [-0.05, 0) is 24.8 Å². The SMILES string of the molecule is Cl.N[C@H](c1cc(F)c(F)cc1F)C1CC1. The molecule has 1 fully saturated rings. The summed E-state index contributed by atoms with van der Waals surface area (Å²) in [7, 11) is 0. The van der Waals surface area contributed by atoms with E-state index in [0.29, 0.717) is 6.07 Å². The highest BCUT2D eigenvalue weighted by atomic mass is 35.5. The zero-order chi connectivity index (χ0) is 10.3. The molecule has 1 aliphatic carbocycles. The first-order valence-electron chi connectivity index (χ1n) is 4.49. The van der Waals surface area contributed by atoms with E-state index >= 15 is 0 Å². The predicted molar refractivity (Wildman–Crippen MR) is 53.2 cm³/mol. The first-order chi connectivity index (χ1) is 6.59. The molecule has 1 saturated carbocycles. The van der Waals surface area contributed by atoms with Crippen molar-refractivity contribution in [3.8, 4) is 0 Å². The summed E-state index contributed by atoms with van der Waals surface area (Å²) in [6, 6.07) is 0.894. The van der Waals surface area contributed by atoms with Crippen LogP contribution in [0.15, 0.2) is 12.1 Å². The largest absolute Gasteiger partial charge is 0.324 e. The molecule has 0 amide bonds. The highest BCUT2D eigenvalue weighted by Gasteiger charge is 2.31. The van der Waals surface area contributed by atoms with E-state index in [9.17, 15) is 13.2 Å². The lowest BCUT2D eigenvalue weighted by molar-refractivity contribution is 0.479. The maximum absolute atomic E-state index is 13.2. The summed E-state index contributed by atoms with van der Waals surface area (Å²) in [5.41, 5.74) is 5.77. The Bertz CT molecular complexity index is 366. The average molecular weight is 238 g/mol. The Labute approximate surface area is 91.9 Å². The molecule has 0 aliphatic heterocycles. The van der Waals surface area contributed by atoms with E-state index in [4.69, 9.17) is 5.73 Å². The predicted octanol–water partition coefficient (Wildman–Crippen LogP) is 2.94. The van der Waals surface area contributed by atoms with Crippen molar-refractivity contribution in [3.63, 3.8) is 0 Å². The molecular formula is C10H11ClF3N. The van der Waals surface area contributed by atoms with Gasteiger partial charge in [-0.3, -0.25) is 0 Å². The Morgan fingerprint density at radius 1 is 1.07 bits per heavy atom. The van der Waals surface area contributed by atoms with E-state index in [2.05, 4.69) is 0 Å². The molecule has 1 aliphatic rings. The summed E-state index contributed by atoms with van der Waals surface area (Å²) in [6.45, 7) is 0. The smallest absolute Gasteiger partial charge is 0.161 e. The average Bonchev–Trinajstić information content (AvgIpc) is 2.93. The van der Waals surface area contributed by atoms with E-state index in [1.807, 2.05) is 0 Å². The minimum Gasteiger partial charge on any atom is -0.324 e. The Morgan fingerprint density at radius 3 is 2.13 bits per heavy atom. The maximum Gasteiger partial charge on any atom is 0.161 e. The third-order valence-corrected chi connectivity index (χ3v) is 2.53. The minimum atomic E-state index is -1.17. The molecule has 0 radical (unpaired) electrons. The molecule has 1 aromatic carbocycles. The summed E-state index contributed by atoms with van der Waals surface area (Å²) >= 11 is 0. The van der Waals surface area contributed by atoms with Crippen molar-refractivity contribution in [2.45, 2.75) is 18.9 Å². The lowest BCUT2D eigenvalue weighted by Crippen LogP contribution is -2.15. The van der Waals surface area contributed by atoms with Crippen molar-refractivity contribution in [1.82, 2.24) is 0 Å². The Hall–Kier alpha value is -0.740. The minimum absolute atomic E-state index is 0. The van der Waals surface area contributed by atoms with Crippen LogP contribution in [0.2, 0.25) is 0 Å². The number of benzene rings is 1. The summed E-state index contributed by atoms with van der Waals surface area (Å²) < 4.78 is 38.6. The third kappa shape index (κ3) is 2.44. The van der Waals surface area contributed by atoms with Gasteiger partial charge < -0.3 is 5.73 Å². The molecule has 84 valence electrons. The molecule has 0 heterocycles. The van der Waals surface area contributed by atoms with E-state index in [1.54, 1.807) is 0 Å². The molecule has 2 rings (SSSR count). The second-order valence-corrected chi connectivity index (χ2v) is 3.65. The van der Waals surface area contributed by atoms with Crippen molar-refractivity contribution in [3.05, 3.63) is 35.1 Å². The topological polar surface area (TPSA) is 26.0 Å². The molecule has 15 heavy (non-hydrogen) atoms. The van der Waals surface area contributed by atoms with Crippen molar-refractivity contribution >= 4 is 12.4 Å². The fourth-order valence-corrected chi connectivity index (χ4v) is 1.50. The quantitative estimate of drug-likeness (QED) is 0.787. The zero-order valence-corrected chi connectivity index (χ0v) is 8.66. The van der Waals surface area contributed by atoms with Gasteiger partial charge in [0, 0.05) is 17.7 Å². The fourth-order valence-electron chi connectivity index (χ4n) is 1.50. The Balaban J connectivity index is 0.00000112. The van der Waals surface area contributed by atoms with Gasteiger partial charge in [0.1, 0.15) is 5.82 Å². The van der Waals surface area contributed by atoms with Crippen LogP contribution in [-0.2, 0) is 0 Å². The van der Waals surface area contributed by atoms with Gasteiger partial charge in [-0.2, -0.15) is 0 Å². The number of hydrogen-bond donors (Lipinski definition) is 1. The van der Waals surface area contributed by atoms with E-state index < -0.39 is 23.5 Å². The molecule has 5 heteroatoms. The van der Waals surface area contributed by atoms with E-state index in [0.717, 1.165) is 18.9 Å². The van der Waals surface area contributed by atoms with Gasteiger partial charge in [0.2, 0.25) is 0 Å². The normalized spacial score (nSPS) is 17.1. The van der Waals surface area contributed by atoms with Crippen LogP contribution in [-0.4, -0.2) is 0 Å². The Morgan fingerprint density at radius 2 is 1.60 bits per heavy atom. The molecule has 0 bridgehead atoms. The van der Waals surface area contributed by atoms with Gasteiger partial charge in [-0.15, -0.1) is 12.4 Å². The molecule has 1 atom stereocenters. The monoisotopic (exact) mass is 237 g/mol. The van der Waals surface area contributed by atoms with E-state index in [1.165, 1.54) is 0 Å². The van der Waals surface area contributed by atoms with Gasteiger partial charge in [-0.25, -0.2) is 13.2 Å². The van der Waals surface area contributed by atoms with Crippen LogP contribution >= 0.6 is 12.4 Å². The maximum atomic E-state index is 13.2. The Kier molecular flexibility index (Phi) is 3.62. The standard InChI is InChI=1S/C10H10F3N.ClH/c11-7-4-9(13)8(12)3-6(7)10(14)5-1-2-5;/h3-5,10H,1-2,14H2;1H/t10-;/m0./s1. The third-order valence-electron chi connectivity index (χ3n) is 2.53. The van der Waals surface area contributed by atoms with Crippen LogP contribution in [0.1, 0.15) is 24.4 Å². The van der Waals surface area contributed by atoms with Gasteiger partial charge in [0.25, 0.3) is 0 Å². The van der Waals surface area contributed by atoms with Crippen LogP contribution in [0, 0.1) is 23.4 Å². The molecule has 2 N–H and O–H groups in total. The lowest BCUT2D eigenvalue weighted by Gasteiger charge is -2.11. The highest BCUT2D eigenvalue weighted by Crippen LogP contribution is 2.40. The molecule has 1 nitrogen and oxygen atoms in total. The molecule has 0 aromatic heterocycles. The number of hydrogen-bond acceptors (Lipinski definition) is 1. The van der Waals surface area contributed by atoms with Crippen molar-refractivity contribution < 1.29 is 13.2 Å². The van der Waals surface area contributed by atoms with Crippen molar-refractivity contribution in [2.75, 3.05) is 0 Å². The molecule has 0 unspecified atom stereocenters. The van der Waals surface area contributed by atoms with Gasteiger partial charge in [-0.1, -0.05) is 0 Å². The van der Waals surface area contributed by atoms with Crippen LogP contribution in [0.25, 0.3) is 0 Å². The molecule has 0 spiro atoms. The number of halogens is 4. The van der Waals surface area contributed by atoms with Gasteiger partial charge >= 0.3 is 0 Å². The number of rotatable bonds is 2.